The van der Waals surface area contributed by atoms with Crippen LogP contribution in [0.3, 0.4) is 0 Å². The molecule has 1 amide bonds. The lowest BCUT2D eigenvalue weighted by Gasteiger charge is -2.36. The molecule has 0 N–H and O–H groups in total. The predicted octanol–water partition coefficient (Wildman–Crippen LogP) is 1.72. The Morgan fingerprint density at radius 1 is 1.11 bits per heavy atom. The summed E-state index contributed by atoms with van der Waals surface area (Å²) in [5.41, 5.74) is 5.55. The van der Waals surface area contributed by atoms with Gasteiger partial charge in [0.1, 0.15) is 12.9 Å². The zero-order valence-electron chi connectivity index (χ0n) is 19.9. The number of carbonyl (C=O) groups is 2. The van der Waals surface area contributed by atoms with Gasteiger partial charge in [-0.2, -0.15) is 0 Å². The third-order valence-corrected chi connectivity index (χ3v) is 6.89. The van der Waals surface area contributed by atoms with Gasteiger partial charge in [0.25, 0.3) is 0 Å². The van der Waals surface area contributed by atoms with E-state index in [1.165, 1.54) is 6.33 Å². The van der Waals surface area contributed by atoms with Crippen LogP contribution in [-0.4, -0.2) is 81.7 Å². The first-order valence-corrected chi connectivity index (χ1v) is 11.7. The van der Waals surface area contributed by atoms with Gasteiger partial charge in [0.05, 0.1) is 23.8 Å². The average molecular weight is 477 g/mol. The van der Waals surface area contributed by atoms with Gasteiger partial charge < -0.3 is 14.4 Å². The summed E-state index contributed by atoms with van der Waals surface area (Å²) in [6.45, 7) is 6.02. The van der Waals surface area contributed by atoms with E-state index in [-0.39, 0.29) is 18.0 Å². The average Bonchev–Trinajstić information content (AvgIpc) is 3.55. The molecule has 3 aromatic rings. The van der Waals surface area contributed by atoms with Gasteiger partial charge in [0, 0.05) is 45.4 Å². The number of hydrogen-bond acceptors (Lipinski definition) is 8. The van der Waals surface area contributed by atoms with Gasteiger partial charge in [-0.25, -0.2) is 9.48 Å². The van der Waals surface area contributed by atoms with Crippen molar-refractivity contribution in [1.29, 1.82) is 0 Å². The monoisotopic (exact) mass is 476 g/mol. The molecule has 2 aromatic carbocycles. The first kappa shape index (κ1) is 23.1. The smallest absolute Gasteiger partial charge is 0.338 e. The SMILES string of the molecule is COC(CN1CCN(C(=O)Cc2ccc(-n3cnnn3)cc2)CC1)c1ccc2c(c1C)COC2=O. The fourth-order valence-corrected chi connectivity index (χ4v) is 4.76. The van der Waals surface area contributed by atoms with Crippen molar-refractivity contribution in [2.45, 2.75) is 26.1 Å². The highest BCUT2D eigenvalue weighted by molar-refractivity contribution is 5.94. The topological polar surface area (TPSA) is 103 Å². The Balaban J connectivity index is 1.15. The van der Waals surface area contributed by atoms with Crippen LogP contribution in [0.2, 0.25) is 0 Å². The molecule has 1 saturated heterocycles. The second-order valence-electron chi connectivity index (χ2n) is 8.89. The standard InChI is InChI=1S/C25H28N6O4/c1-17-20(7-8-21-22(17)15-35-25(21)33)23(34-2)14-29-9-11-30(12-10-29)24(32)13-18-3-5-19(6-4-18)31-16-26-27-28-31/h3-8,16,23H,9-15H2,1-2H3. The highest BCUT2D eigenvalue weighted by Crippen LogP contribution is 2.31. The number of hydrogen-bond donors (Lipinski definition) is 0. The summed E-state index contributed by atoms with van der Waals surface area (Å²) in [7, 11) is 1.71. The lowest BCUT2D eigenvalue weighted by molar-refractivity contribution is -0.132. The second-order valence-corrected chi connectivity index (χ2v) is 8.89. The lowest BCUT2D eigenvalue weighted by atomic mass is 9.95. The molecule has 0 saturated carbocycles. The van der Waals surface area contributed by atoms with Crippen molar-refractivity contribution in [2.24, 2.45) is 0 Å². The molecule has 5 rings (SSSR count). The minimum Gasteiger partial charge on any atom is -0.457 e. The molecule has 0 spiro atoms. The van der Waals surface area contributed by atoms with E-state index in [1.807, 2.05) is 48.2 Å². The Morgan fingerprint density at radius 3 is 2.57 bits per heavy atom. The maximum atomic E-state index is 12.9. The largest absolute Gasteiger partial charge is 0.457 e. The van der Waals surface area contributed by atoms with E-state index in [0.717, 1.165) is 47.6 Å². The number of rotatable bonds is 7. The maximum Gasteiger partial charge on any atom is 0.338 e. The summed E-state index contributed by atoms with van der Waals surface area (Å²) in [5, 5.41) is 11.2. The molecule has 1 unspecified atom stereocenters. The lowest BCUT2D eigenvalue weighted by Crippen LogP contribution is -2.50. The molecule has 10 nitrogen and oxygen atoms in total. The maximum absolute atomic E-state index is 12.9. The highest BCUT2D eigenvalue weighted by atomic mass is 16.5. The van der Waals surface area contributed by atoms with Gasteiger partial charge >= 0.3 is 5.97 Å². The molecule has 2 aliphatic rings. The molecular formula is C25H28N6O4. The number of fused-ring (bicyclic) bond motifs is 1. The van der Waals surface area contributed by atoms with Gasteiger partial charge in [-0.1, -0.05) is 18.2 Å². The second kappa shape index (κ2) is 9.93. The number of ether oxygens (including phenoxy) is 2. The number of aromatic nitrogens is 4. The Hall–Kier alpha value is -3.63. The van der Waals surface area contributed by atoms with Crippen molar-refractivity contribution in [3.05, 3.63) is 70.5 Å². The van der Waals surface area contributed by atoms with E-state index in [9.17, 15) is 9.59 Å². The molecule has 3 heterocycles. The van der Waals surface area contributed by atoms with Gasteiger partial charge in [0.15, 0.2) is 0 Å². The first-order chi connectivity index (χ1) is 17.0. The van der Waals surface area contributed by atoms with Crippen LogP contribution in [0.4, 0.5) is 0 Å². The van der Waals surface area contributed by atoms with Crippen LogP contribution in [0.15, 0.2) is 42.7 Å². The van der Waals surface area contributed by atoms with Crippen LogP contribution in [0.1, 0.15) is 38.7 Å². The van der Waals surface area contributed by atoms with E-state index in [1.54, 1.807) is 11.8 Å². The number of cyclic esters (lactones) is 1. The van der Waals surface area contributed by atoms with E-state index in [4.69, 9.17) is 9.47 Å². The zero-order chi connectivity index (χ0) is 24.4. The Bertz CT molecular complexity index is 1200. The van der Waals surface area contributed by atoms with Crippen molar-refractivity contribution < 1.29 is 19.1 Å². The molecule has 1 fully saturated rings. The zero-order valence-corrected chi connectivity index (χ0v) is 19.9. The van der Waals surface area contributed by atoms with Gasteiger partial charge in [0.2, 0.25) is 5.91 Å². The number of piperazine rings is 1. The van der Waals surface area contributed by atoms with Crippen LogP contribution >= 0.6 is 0 Å². The molecular weight excluding hydrogens is 448 g/mol. The summed E-state index contributed by atoms with van der Waals surface area (Å²) < 4.78 is 12.6. The molecule has 1 atom stereocenters. The van der Waals surface area contributed by atoms with Crippen LogP contribution in [0.5, 0.6) is 0 Å². The molecule has 10 heteroatoms. The van der Waals surface area contributed by atoms with Crippen molar-refractivity contribution in [2.75, 3.05) is 39.8 Å². The van der Waals surface area contributed by atoms with Crippen LogP contribution < -0.4 is 0 Å². The third kappa shape index (κ3) is 4.80. The van der Waals surface area contributed by atoms with Gasteiger partial charge in [-0.3, -0.25) is 9.69 Å². The summed E-state index contributed by atoms with van der Waals surface area (Å²) in [6, 6.07) is 11.5. The molecule has 35 heavy (non-hydrogen) atoms. The third-order valence-electron chi connectivity index (χ3n) is 6.89. The quantitative estimate of drug-likeness (QED) is 0.475. The van der Waals surface area contributed by atoms with Crippen LogP contribution in [-0.2, 0) is 27.3 Å². The van der Waals surface area contributed by atoms with E-state index in [2.05, 4.69) is 20.4 Å². The molecule has 0 aliphatic carbocycles. The summed E-state index contributed by atoms with van der Waals surface area (Å²) in [4.78, 5) is 29.0. The Morgan fingerprint density at radius 2 is 1.89 bits per heavy atom. The number of esters is 1. The number of tetrazole rings is 1. The van der Waals surface area contributed by atoms with Crippen molar-refractivity contribution in [1.82, 2.24) is 30.0 Å². The fraction of sp³-hybridized carbons (Fsp3) is 0.400. The molecule has 1 aromatic heterocycles. The van der Waals surface area contributed by atoms with Crippen molar-refractivity contribution in [3.8, 4) is 5.69 Å². The minimum atomic E-state index is -0.257. The van der Waals surface area contributed by atoms with Gasteiger partial charge in [-0.15, -0.1) is 5.10 Å². The Labute approximate surface area is 203 Å². The molecule has 182 valence electrons. The number of carbonyl (C=O) groups excluding carboxylic acids is 2. The number of benzene rings is 2. The first-order valence-electron chi connectivity index (χ1n) is 11.7. The van der Waals surface area contributed by atoms with Gasteiger partial charge in [-0.05, 0) is 52.2 Å². The summed E-state index contributed by atoms with van der Waals surface area (Å²) in [6.07, 6.45) is 1.79. The fourth-order valence-electron chi connectivity index (χ4n) is 4.76. The number of methoxy groups -OCH3 is 1. The number of amides is 1. The molecule has 0 radical (unpaired) electrons. The number of nitrogens with zero attached hydrogens (tertiary/aromatic N) is 6. The molecule has 2 aliphatic heterocycles. The summed E-state index contributed by atoms with van der Waals surface area (Å²) in [5.74, 6) is -0.130. The van der Waals surface area contributed by atoms with E-state index < -0.39 is 0 Å². The minimum absolute atomic E-state index is 0.114. The Kier molecular flexibility index (Phi) is 6.56. The van der Waals surface area contributed by atoms with Crippen LogP contribution in [0.25, 0.3) is 5.69 Å². The van der Waals surface area contributed by atoms with E-state index >= 15 is 0 Å². The van der Waals surface area contributed by atoms with E-state index in [0.29, 0.717) is 31.7 Å². The molecule has 0 bridgehead atoms. The highest BCUT2D eigenvalue weighted by Gasteiger charge is 2.28. The summed E-state index contributed by atoms with van der Waals surface area (Å²) >= 11 is 0. The predicted molar refractivity (Wildman–Crippen MR) is 126 cm³/mol. The van der Waals surface area contributed by atoms with Crippen LogP contribution in [0, 0.1) is 6.92 Å². The normalized spacial score (nSPS) is 16.7. The van der Waals surface area contributed by atoms with Crippen molar-refractivity contribution in [3.63, 3.8) is 0 Å². The van der Waals surface area contributed by atoms with Crippen molar-refractivity contribution >= 4 is 11.9 Å².